The minimum Gasteiger partial charge on any atom is -0.504 e. The van der Waals surface area contributed by atoms with E-state index in [1.54, 1.807) is 0 Å². The Kier molecular flexibility index (Phi) is 13.7. The predicted octanol–water partition coefficient (Wildman–Crippen LogP) is -1.90. The highest BCUT2D eigenvalue weighted by Gasteiger charge is 2.54. The van der Waals surface area contributed by atoms with Crippen LogP contribution in [0.5, 0.6) is 23.0 Å². The number of phenols is 4. The summed E-state index contributed by atoms with van der Waals surface area (Å²) in [5, 5.41) is 103. The van der Waals surface area contributed by atoms with Gasteiger partial charge in [-0.1, -0.05) is 12.1 Å². The number of hydrogen-bond donors (Lipinski definition) is 10. The Morgan fingerprint density at radius 2 is 1.56 bits per heavy atom. The van der Waals surface area contributed by atoms with Gasteiger partial charge in [-0.15, -0.1) is 0 Å². The number of benzene rings is 2. The van der Waals surface area contributed by atoms with Crippen LogP contribution in [0.3, 0.4) is 0 Å². The minimum absolute atomic E-state index is 0.135. The van der Waals surface area contributed by atoms with E-state index in [1.807, 2.05) is 0 Å². The molecule has 0 bridgehead atoms. The molecule has 0 aliphatic carbocycles. The summed E-state index contributed by atoms with van der Waals surface area (Å²) in [5.41, 5.74) is -0.978. The molecule has 0 spiro atoms. The molecule has 300 valence electrons. The van der Waals surface area contributed by atoms with Crippen LogP contribution < -0.4 is 0 Å². The highest BCUT2D eigenvalue weighted by molar-refractivity contribution is 5.87. The minimum atomic E-state index is -1.84. The first kappa shape index (κ1) is 41.5. The van der Waals surface area contributed by atoms with Gasteiger partial charge >= 0.3 is 5.97 Å². The third kappa shape index (κ3) is 9.40. The van der Waals surface area contributed by atoms with Crippen LogP contribution in [0.2, 0.25) is 0 Å². The van der Waals surface area contributed by atoms with E-state index in [1.165, 1.54) is 56.5 Å². The molecule has 3 heterocycles. The van der Waals surface area contributed by atoms with Gasteiger partial charge in [-0.25, -0.2) is 4.79 Å². The van der Waals surface area contributed by atoms with Crippen LogP contribution in [-0.2, 0) is 49.1 Å². The summed E-state index contributed by atoms with van der Waals surface area (Å²) in [6, 6.07) is 7.91. The molecule has 3 saturated heterocycles. The molecule has 2 aromatic rings. The summed E-state index contributed by atoms with van der Waals surface area (Å²) in [6.45, 7) is -0.324. The highest BCUT2D eigenvalue weighted by Crippen LogP contribution is 2.34. The molecule has 0 amide bonds. The van der Waals surface area contributed by atoms with E-state index in [-0.39, 0.29) is 36.9 Å². The van der Waals surface area contributed by atoms with E-state index in [9.17, 15) is 55.9 Å². The van der Waals surface area contributed by atoms with Crippen molar-refractivity contribution in [2.75, 3.05) is 33.5 Å². The van der Waals surface area contributed by atoms with Crippen LogP contribution in [0.1, 0.15) is 18.1 Å². The Morgan fingerprint density at radius 1 is 0.852 bits per heavy atom. The maximum Gasteiger partial charge on any atom is 0.331 e. The van der Waals surface area contributed by atoms with E-state index in [0.717, 1.165) is 6.08 Å². The maximum absolute atomic E-state index is 13.3. The van der Waals surface area contributed by atoms with Crippen molar-refractivity contribution >= 4 is 12.0 Å². The molecule has 0 radical (unpaired) electrons. The molecular formula is C35H46O19. The first-order chi connectivity index (χ1) is 25.6. The quantitative estimate of drug-likeness (QED) is 0.0570. The van der Waals surface area contributed by atoms with E-state index in [0.29, 0.717) is 11.1 Å². The summed E-state index contributed by atoms with van der Waals surface area (Å²) in [5.74, 6) is -2.55. The van der Waals surface area contributed by atoms with Gasteiger partial charge in [0.25, 0.3) is 0 Å². The van der Waals surface area contributed by atoms with Crippen LogP contribution in [0.25, 0.3) is 6.08 Å². The molecule has 3 fully saturated rings. The third-order valence-corrected chi connectivity index (χ3v) is 9.32. The molecule has 10 N–H and O–H groups in total. The number of aromatic hydroxyl groups is 4. The summed E-state index contributed by atoms with van der Waals surface area (Å²) in [7, 11) is 1.26. The van der Waals surface area contributed by atoms with Gasteiger partial charge in [0.2, 0.25) is 0 Å². The number of carbonyl (C=O) groups excluding carboxylic acids is 1. The van der Waals surface area contributed by atoms with Gasteiger partial charge in [0, 0.05) is 13.2 Å². The number of methoxy groups -OCH3 is 1. The van der Waals surface area contributed by atoms with Crippen LogP contribution in [0, 0.1) is 0 Å². The maximum atomic E-state index is 13.3. The Labute approximate surface area is 308 Å². The molecular weight excluding hydrogens is 724 g/mol. The van der Waals surface area contributed by atoms with Gasteiger partial charge in [-0.3, -0.25) is 0 Å². The SMILES string of the molecule is CO[C@H]1[C@H](OC[C@H]2O[C@@H](OCCc3ccc(O)c(O)c3)[C@H](O)[C@@H](O[C@@H]3O[C@@H](C)[C@H](O)[C@@H](O)[C@H]3O)[C@@H]2OC(=O)/C=C/c2ccc(O)c(O)c2)OC[C@]1(O)CO. The fourth-order valence-corrected chi connectivity index (χ4v) is 6.18. The number of hydrogen-bond acceptors (Lipinski definition) is 19. The zero-order valence-corrected chi connectivity index (χ0v) is 29.2. The van der Waals surface area contributed by atoms with Crippen molar-refractivity contribution in [3.8, 4) is 23.0 Å². The lowest BCUT2D eigenvalue weighted by Gasteiger charge is -2.46. The molecule has 3 aliphatic heterocycles. The van der Waals surface area contributed by atoms with Crippen molar-refractivity contribution in [1.29, 1.82) is 0 Å². The molecule has 0 aromatic heterocycles. The average molecular weight is 771 g/mol. The van der Waals surface area contributed by atoms with Crippen molar-refractivity contribution in [2.45, 2.75) is 92.8 Å². The number of ether oxygens (including phenoxy) is 8. The number of carbonyl (C=O) groups is 1. The first-order valence-corrected chi connectivity index (χ1v) is 17.0. The molecule has 0 saturated carbocycles. The van der Waals surface area contributed by atoms with Crippen LogP contribution in [0.4, 0.5) is 0 Å². The molecule has 13 atom stereocenters. The van der Waals surface area contributed by atoms with E-state index in [4.69, 9.17) is 37.9 Å². The lowest BCUT2D eigenvalue weighted by Crippen LogP contribution is -2.65. The molecule has 5 rings (SSSR count). The molecule has 0 unspecified atom stereocenters. The fourth-order valence-electron chi connectivity index (χ4n) is 6.18. The number of rotatable bonds is 14. The van der Waals surface area contributed by atoms with Crippen molar-refractivity contribution < 1.29 is 93.8 Å². The van der Waals surface area contributed by atoms with Crippen molar-refractivity contribution in [3.05, 3.63) is 53.6 Å². The molecule has 54 heavy (non-hydrogen) atoms. The highest BCUT2D eigenvalue weighted by atomic mass is 16.8. The largest absolute Gasteiger partial charge is 0.504 e. The van der Waals surface area contributed by atoms with Crippen molar-refractivity contribution in [1.82, 2.24) is 0 Å². The second-order valence-corrected chi connectivity index (χ2v) is 13.2. The number of esters is 1. The number of phenolic OH excluding ortho intramolecular Hbond substituents is 4. The van der Waals surface area contributed by atoms with Gasteiger partial charge in [0.15, 0.2) is 48.0 Å². The zero-order valence-electron chi connectivity index (χ0n) is 29.2. The van der Waals surface area contributed by atoms with Gasteiger partial charge < -0.3 is 89.0 Å². The lowest BCUT2D eigenvalue weighted by atomic mass is 9.96. The van der Waals surface area contributed by atoms with Crippen LogP contribution >= 0.6 is 0 Å². The fraction of sp³-hybridized carbons (Fsp3) is 0.571. The Hall–Kier alpha value is -3.67. The smallest absolute Gasteiger partial charge is 0.331 e. The Balaban J connectivity index is 1.43. The third-order valence-electron chi connectivity index (χ3n) is 9.32. The molecule has 19 heteroatoms. The van der Waals surface area contributed by atoms with Gasteiger partial charge in [-0.2, -0.15) is 0 Å². The van der Waals surface area contributed by atoms with Crippen LogP contribution in [0.15, 0.2) is 42.5 Å². The van der Waals surface area contributed by atoms with Gasteiger partial charge in [0.05, 0.1) is 32.5 Å². The summed E-state index contributed by atoms with van der Waals surface area (Å²) < 4.78 is 46.1. The van der Waals surface area contributed by atoms with Gasteiger partial charge in [0.1, 0.15) is 48.3 Å². The Morgan fingerprint density at radius 3 is 2.22 bits per heavy atom. The van der Waals surface area contributed by atoms with Crippen LogP contribution in [-0.4, -0.2) is 170 Å². The molecule has 3 aliphatic rings. The summed E-state index contributed by atoms with van der Waals surface area (Å²) in [4.78, 5) is 13.3. The van der Waals surface area contributed by atoms with E-state index in [2.05, 4.69) is 0 Å². The summed E-state index contributed by atoms with van der Waals surface area (Å²) >= 11 is 0. The number of aliphatic hydroxyl groups excluding tert-OH is 5. The topological polar surface area (TPSA) is 293 Å². The lowest BCUT2D eigenvalue weighted by molar-refractivity contribution is -0.360. The Bertz CT molecular complexity index is 1590. The average Bonchev–Trinajstić information content (AvgIpc) is 3.48. The number of aliphatic hydroxyl groups is 6. The second-order valence-electron chi connectivity index (χ2n) is 13.2. The predicted molar refractivity (Wildman–Crippen MR) is 179 cm³/mol. The van der Waals surface area contributed by atoms with Gasteiger partial charge in [-0.05, 0) is 54.8 Å². The van der Waals surface area contributed by atoms with E-state index < -0.39 is 104 Å². The standard InChI is InChI=1S/C35H46O19/c1-16-25(42)26(43)27(44)33(51-16)54-30-28(45)32(48-10-9-18-4-7-20(38)22(40)12-18)52-23(13-49-34-31(47-2)35(46,14-36)15-50-34)29(30)53-24(41)8-5-17-3-6-19(37)21(39)11-17/h3-8,11-12,16,23,25-34,36-40,42-46H,9-10,13-15H2,1-2H3/b8-5+/t16-,23+,25-,26+,27+,28+,29+,30+,31-,32+,33-,34+,35+/m0/s1. The van der Waals surface area contributed by atoms with E-state index >= 15 is 0 Å². The first-order valence-electron chi connectivity index (χ1n) is 17.0. The molecule has 2 aromatic carbocycles. The zero-order chi connectivity index (χ0) is 39.3. The normalized spacial score (nSPS) is 35.7. The summed E-state index contributed by atoms with van der Waals surface area (Å²) in [6.07, 6.45) is -15.9. The van der Waals surface area contributed by atoms with Crippen molar-refractivity contribution in [3.63, 3.8) is 0 Å². The second kappa shape index (κ2) is 17.9. The molecule has 19 nitrogen and oxygen atoms in total. The monoisotopic (exact) mass is 770 g/mol. The van der Waals surface area contributed by atoms with Crippen molar-refractivity contribution in [2.24, 2.45) is 0 Å².